The Morgan fingerprint density at radius 1 is 1.73 bits per heavy atom. The molecule has 0 spiro atoms. The minimum atomic E-state index is -0.745. The van der Waals surface area contributed by atoms with Gasteiger partial charge in [0.25, 0.3) is 0 Å². The van der Waals surface area contributed by atoms with E-state index in [1.165, 1.54) is 7.11 Å². The number of rotatable bonds is 1. The van der Waals surface area contributed by atoms with Crippen molar-refractivity contribution in [2.24, 2.45) is 5.73 Å². The molecule has 1 aliphatic rings. The molecule has 5 nitrogen and oxygen atoms in total. The third kappa shape index (κ3) is 1.17. The van der Waals surface area contributed by atoms with Crippen molar-refractivity contribution in [3.05, 3.63) is 11.3 Å². The van der Waals surface area contributed by atoms with Crippen molar-refractivity contribution in [3.63, 3.8) is 0 Å². The van der Waals surface area contributed by atoms with Crippen molar-refractivity contribution in [3.8, 4) is 0 Å². The monoisotopic (exact) mass is 157 g/mol. The standard InChI is InChI=1S/C6H7NO4/c1-10-5(8)4-3(7)2-11-6(4)9/h2,7H2,1H3. The third-order valence-corrected chi connectivity index (χ3v) is 1.27. The predicted octanol–water partition coefficient (Wildman–Crippen LogP) is -1.07. The van der Waals surface area contributed by atoms with Crippen LogP contribution in [0.2, 0.25) is 0 Å². The summed E-state index contributed by atoms with van der Waals surface area (Å²) >= 11 is 0. The highest BCUT2D eigenvalue weighted by atomic mass is 16.6. The summed E-state index contributed by atoms with van der Waals surface area (Å²) in [5.41, 5.74) is 5.22. The summed E-state index contributed by atoms with van der Waals surface area (Å²) in [6.45, 7) is -0.0245. The molecule has 0 aromatic carbocycles. The zero-order valence-electron chi connectivity index (χ0n) is 5.92. The summed E-state index contributed by atoms with van der Waals surface area (Å²) in [7, 11) is 1.17. The van der Waals surface area contributed by atoms with Crippen molar-refractivity contribution in [1.82, 2.24) is 0 Å². The van der Waals surface area contributed by atoms with Gasteiger partial charge in [0, 0.05) is 0 Å². The van der Waals surface area contributed by atoms with E-state index in [1.807, 2.05) is 0 Å². The van der Waals surface area contributed by atoms with Gasteiger partial charge in [-0.15, -0.1) is 0 Å². The highest BCUT2D eigenvalue weighted by Crippen LogP contribution is 2.12. The van der Waals surface area contributed by atoms with Crippen LogP contribution in [0, 0.1) is 0 Å². The lowest BCUT2D eigenvalue weighted by atomic mass is 10.2. The van der Waals surface area contributed by atoms with Crippen LogP contribution in [0.25, 0.3) is 0 Å². The summed E-state index contributed by atoms with van der Waals surface area (Å²) in [6.07, 6.45) is 0. The normalized spacial score (nSPS) is 16.6. The molecule has 5 heteroatoms. The van der Waals surface area contributed by atoms with Gasteiger partial charge in [-0.05, 0) is 0 Å². The first kappa shape index (κ1) is 7.59. The summed E-state index contributed by atoms with van der Waals surface area (Å²) in [6, 6.07) is 0. The van der Waals surface area contributed by atoms with E-state index in [2.05, 4.69) is 9.47 Å². The van der Waals surface area contributed by atoms with Crippen LogP contribution >= 0.6 is 0 Å². The molecule has 0 fully saturated rings. The van der Waals surface area contributed by atoms with Gasteiger partial charge >= 0.3 is 11.9 Å². The number of cyclic esters (lactones) is 1. The van der Waals surface area contributed by atoms with Gasteiger partial charge in [-0.3, -0.25) is 0 Å². The summed E-state index contributed by atoms with van der Waals surface area (Å²) in [5, 5.41) is 0. The molecule has 1 aliphatic heterocycles. The lowest BCUT2D eigenvalue weighted by molar-refractivity contribution is -0.143. The molecule has 1 heterocycles. The van der Waals surface area contributed by atoms with Crippen molar-refractivity contribution in [2.45, 2.75) is 0 Å². The number of hydrogen-bond donors (Lipinski definition) is 1. The van der Waals surface area contributed by atoms with Crippen LogP contribution in [0.15, 0.2) is 11.3 Å². The third-order valence-electron chi connectivity index (χ3n) is 1.27. The van der Waals surface area contributed by atoms with Crippen LogP contribution in [-0.2, 0) is 19.1 Å². The highest BCUT2D eigenvalue weighted by Gasteiger charge is 2.29. The Kier molecular flexibility index (Phi) is 1.80. The summed E-state index contributed by atoms with van der Waals surface area (Å²) < 4.78 is 8.76. The lowest BCUT2D eigenvalue weighted by Gasteiger charge is -1.95. The molecule has 11 heavy (non-hydrogen) atoms. The first-order valence-corrected chi connectivity index (χ1v) is 2.91. The Labute approximate surface area is 62.8 Å². The fraction of sp³-hybridized carbons (Fsp3) is 0.333. The molecule has 0 atom stereocenters. The number of carbonyl (C=O) groups is 2. The molecule has 0 saturated carbocycles. The second-order valence-electron chi connectivity index (χ2n) is 1.97. The topological polar surface area (TPSA) is 78.6 Å². The van der Waals surface area contributed by atoms with Crippen LogP contribution < -0.4 is 5.73 Å². The van der Waals surface area contributed by atoms with Gasteiger partial charge < -0.3 is 15.2 Å². The van der Waals surface area contributed by atoms with Crippen LogP contribution in [0.5, 0.6) is 0 Å². The van der Waals surface area contributed by atoms with Crippen molar-refractivity contribution >= 4 is 11.9 Å². The molecule has 0 aromatic rings. The van der Waals surface area contributed by atoms with Crippen molar-refractivity contribution in [2.75, 3.05) is 13.7 Å². The van der Waals surface area contributed by atoms with E-state index >= 15 is 0 Å². The van der Waals surface area contributed by atoms with Gasteiger partial charge in [0.15, 0.2) is 5.57 Å². The molecule has 60 valence electrons. The van der Waals surface area contributed by atoms with Crippen LogP contribution in [-0.4, -0.2) is 25.7 Å². The summed E-state index contributed by atoms with van der Waals surface area (Å²) in [4.78, 5) is 21.5. The SMILES string of the molecule is COC(=O)C1=C(N)COC1=O. The van der Waals surface area contributed by atoms with Crippen molar-refractivity contribution < 1.29 is 19.1 Å². The Hall–Kier alpha value is -1.52. The fourth-order valence-corrected chi connectivity index (χ4v) is 0.735. The first-order valence-electron chi connectivity index (χ1n) is 2.91. The maximum absolute atomic E-state index is 10.8. The predicted molar refractivity (Wildman–Crippen MR) is 34.2 cm³/mol. The van der Waals surface area contributed by atoms with Crippen LogP contribution in [0.3, 0.4) is 0 Å². The number of ether oxygens (including phenoxy) is 2. The number of methoxy groups -OCH3 is 1. The molecule has 2 N–H and O–H groups in total. The van der Waals surface area contributed by atoms with Crippen LogP contribution in [0.1, 0.15) is 0 Å². The second kappa shape index (κ2) is 2.61. The maximum Gasteiger partial charge on any atom is 0.347 e. The molecular formula is C6H7NO4. The Balaban J connectivity index is 2.92. The van der Waals surface area contributed by atoms with E-state index in [9.17, 15) is 9.59 Å². The molecule has 0 aromatic heterocycles. The molecule has 0 unspecified atom stereocenters. The van der Waals surface area contributed by atoms with Crippen LogP contribution in [0.4, 0.5) is 0 Å². The quantitative estimate of drug-likeness (QED) is 0.387. The maximum atomic E-state index is 10.8. The van der Waals surface area contributed by atoms with E-state index in [4.69, 9.17) is 5.73 Å². The number of esters is 2. The average molecular weight is 157 g/mol. The number of nitrogens with two attached hydrogens (primary N) is 1. The van der Waals surface area contributed by atoms with Gasteiger partial charge in [-0.2, -0.15) is 0 Å². The van der Waals surface area contributed by atoms with Gasteiger partial charge in [0.05, 0.1) is 12.8 Å². The lowest BCUT2D eigenvalue weighted by Crippen LogP contribution is -2.14. The molecule has 0 amide bonds. The minimum Gasteiger partial charge on any atom is -0.465 e. The molecule has 1 rings (SSSR count). The zero-order valence-corrected chi connectivity index (χ0v) is 5.92. The molecule has 0 saturated heterocycles. The smallest absolute Gasteiger partial charge is 0.347 e. The zero-order chi connectivity index (χ0) is 8.43. The van der Waals surface area contributed by atoms with Gasteiger partial charge in [-0.25, -0.2) is 9.59 Å². The van der Waals surface area contributed by atoms with E-state index in [0.717, 1.165) is 0 Å². The van der Waals surface area contributed by atoms with Crippen molar-refractivity contribution in [1.29, 1.82) is 0 Å². The fourth-order valence-electron chi connectivity index (χ4n) is 0.735. The van der Waals surface area contributed by atoms with E-state index in [1.54, 1.807) is 0 Å². The van der Waals surface area contributed by atoms with E-state index in [-0.39, 0.29) is 17.9 Å². The number of hydrogen-bond acceptors (Lipinski definition) is 5. The molecular weight excluding hydrogens is 150 g/mol. The summed E-state index contributed by atoms with van der Waals surface area (Å²) in [5.74, 6) is -1.46. The van der Waals surface area contributed by atoms with Gasteiger partial charge in [0.1, 0.15) is 6.61 Å². The largest absolute Gasteiger partial charge is 0.465 e. The Bertz CT molecular complexity index is 243. The molecule has 0 radical (unpaired) electrons. The molecule has 0 bridgehead atoms. The first-order chi connectivity index (χ1) is 5.16. The average Bonchev–Trinajstić information content (AvgIpc) is 2.30. The van der Waals surface area contributed by atoms with E-state index < -0.39 is 11.9 Å². The Morgan fingerprint density at radius 3 is 2.73 bits per heavy atom. The van der Waals surface area contributed by atoms with E-state index in [0.29, 0.717) is 0 Å². The molecule has 0 aliphatic carbocycles. The van der Waals surface area contributed by atoms with Gasteiger partial charge in [-0.1, -0.05) is 0 Å². The number of carbonyl (C=O) groups excluding carboxylic acids is 2. The van der Waals surface area contributed by atoms with Gasteiger partial charge in [0.2, 0.25) is 0 Å². The highest BCUT2D eigenvalue weighted by molar-refractivity contribution is 6.15. The minimum absolute atomic E-state index is 0.0245. The Morgan fingerprint density at radius 2 is 2.36 bits per heavy atom. The second-order valence-corrected chi connectivity index (χ2v) is 1.97.